The summed E-state index contributed by atoms with van der Waals surface area (Å²) < 4.78 is 4.34. The molecule has 4 nitrogen and oxygen atoms in total. The van der Waals surface area contributed by atoms with Gasteiger partial charge in [-0.05, 0) is 31.1 Å². The lowest BCUT2D eigenvalue weighted by Gasteiger charge is -2.14. The van der Waals surface area contributed by atoms with E-state index in [0.717, 1.165) is 48.0 Å². The fourth-order valence-corrected chi connectivity index (χ4v) is 3.26. The molecule has 1 saturated carbocycles. The van der Waals surface area contributed by atoms with E-state index in [2.05, 4.69) is 23.5 Å². The molecule has 2 heterocycles. The summed E-state index contributed by atoms with van der Waals surface area (Å²) in [7, 11) is 2.02. The Hall–Kier alpha value is -1.03. The summed E-state index contributed by atoms with van der Waals surface area (Å²) >= 11 is 5.95. The zero-order valence-corrected chi connectivity index (χ0v) is 13.3. The summed E-state index contributed by atoms with van der Waals surface area (Å²) in [6, 6.07) is 0. The molecule has 0 bridgehead atoms. The Morgan fingerprint density at radius 2 is 2.15 bits per heavy atom. The third-order valence-electron chi connectivity index (χ3n) is 4.42. The lowest BCUT2D eigenvalue weighted by atomic mass is 10.1. The molecule has 0 radical (unpaired) electrons. The third kappa shape index (κ3) is 2.34. The molecular formula is C15H23ClN4. The van der Waals surface area contributed by atoms with E-state index in [-0.39, 0.29) is 0 Å². The summed E-state index contributed by atoms with van der Waals surface area (Å²) in [6.07, 6.45) is 4.52. The summed E-state index contributed by atoms with van der Waals surface area (Å²) in [4.78, 5) is 4.82. The van der Waals surface area contributed by atoms with Gasteiger partial charge in [0.1, 0.15) is 11.3 Å². The number of fused-ring (bicyclic) bond motifs is 1. The van der Waals surface area contributed by atoms with Crippen LogP contribution < -0.4 is 0 Å². The summed E-state index contributed by atoms with van der Waals surface area (Å²) in [5, 5.41) is 4.60. The second kappa shape index (κ2) is 5.40. The molecule has 1 aliphatic carbocycles. The molecule has 0 amide bonds. The first-order chi connectivity index (χ1) is 9.65. The van der Waals surface area contributed by atoms with Crippen molar-refractivity contribution >= 4 is 22.8 Å². The second-order valence-electron chi connectivity index (χ2n) is 5.99. The molecule has 20 heavy (non-hydrogen) atoms. The van der Waals surface area contributed by atoms with Gasteiger partial charge in [-0.3, -0.25) is 4.68 Å². The van der Waals surface area contributed by atoms with Crippen molar-refractivity contribution in [1.29, 1.82) is 0 Å². The van der Waals surface area contributed by atoms with Gasteiger partial charge < -0.3 is 4.57 Å². The minimum absolute atomic E-state index is 0.621. The molecule has 0 aliphatic heterocycles. The molecular weight excluding hydrogens is 272 g/mol. The molecule has 1 fully saturated rings. The molecule has 1 unspecified atom stereocenters. The fraction of sp³-hybridized carbons (Fsp3) is 0.733. The van der Waals surface area contributed by atoms with Crippen LogP contribution in [0.4, 0.5) is 0 Å². The van der Waals surface area contributed by atoms with Gasteiger partial charge in [-0.25, -0.2) is 4.98 Å². The normalized spacial score (nSPS) is 17.0. The number of aryl methyl sites for hydroxylation is 3. The van der Waals surface area contributed by atoms with E-state index in [9.17, 15) is 0 Å². The van der Waals surface area contributed by atoms with Crippen LogP contribution in [0, 0.1) is 11.8 Å². The highest BCUT2D eigenvalue weighted by atomic mass is 35.5. The molecule has 2 aromatic rings. The average molecular weight is 295 g/mol. The van der Waals surface area contributed by atoms with E-state index in [4.69, 9.17) is 16.6 Å². The van der Waals surface area contributed by atoms with Gasteiger partial charge in [0, 0.05) is 25.9 Å². The van der Waals surface area contributed by atoms with Crippen LogP contribution in [0.25, 0.3) is 11.2 Å². The Balaban J connectivity index is 2.04. The van der Waals surface area contributed by atoms with Crippen molar-refractivity contribution in [3.8, 4) is 0 Å². The van der Waals surface area contributed by atoms with Crippen molar-refractivity contribution in [3.05, 3.63) is 11.5 Å². The van der Waals surface area contributed by atoms with Gasteiger partial charge in [0.15, 0.2) is 5.65 Å². The summed E-state index contributed by atoms with van der Waals surface area (Å²) in [5.41, 5.74) is 3.32. The Morgan fingerprint density at radius 3 is 2.75 bits per heavy atom. The maximum absolute atomic E-state index is 5.95. The van der Waals surface area contributed by atoms with E-state index in [0.29, 0.717) is 11.8 Å². The number of rotatable bonds is 6. The Labute approximate surface area is 125 Å². The average Bonchev–Trinajstić information content (AvgIpc) is 3.15. The minimum Gasteiger partial charge on any atom is -0.313 e. The molecule has 5 heteroatoms. The van der Waals surface area contributed by atoms with E-state index in [1.54, 1.807) is 0 Å². The first-order valence-electron chi connectivity index (χ1n) is 7.62. The Morgan fingerprint density at radius 1 is 1.40 bits per heavy atom. The SMILES string of the molecule is CCc1nn(C)c2c1nc(CCCl)n2CC(C)C1CC1. The van der Waals surface area contributed by atoms with Gasteiger partial charge in [0.25, 0.3) is 0 Å². The van der Waals surface area contributed by atoms with E-state index in [1.807, 2.05) is 11.7 Å². The number of alkyl halides is 1. The van der Waals surface area contributed by atoms with Gasteiger partial charge in [0.2, 0.25) is 0 Å². The van der Waals surface area contributed by atoms with Gasteiger partial charge in [0.05, 0.1) is 5.69 Å². The van der Waals surface area contributed by atoms with E-state index < -0.39 is 0 Å². The van der Waals surface area contributed by atoms with Crippen LogP contribution >= 0.6 is 11.6 Å². The van der Waals surface area contributed by atoms with Crippen LogP contribution in [0.3, 0.4) is 0 Å². The van der Waals surface area contributed by atoms with Gasteiger partial charge in [-0.2, -0.15) is 5.10 Å². The smallest absolute Gasteiger partial charge is 0.158 e. The monoisotopic (exact) mass is 294 g/mol. The standard InChI is InChI=1S/C15H23ClN4/c1-4-12-14-15(19(3)18-12)20(13(17-14)7-8-16)9-10(2)11-5-6-11/h10-11H,4-9H2,1-3H3. The van der Waals surface area contributed by atoms with Crippen LogP contribution in [-0.4, -0.2) is 25.2 Å². The summed E-state index contributed by atoms with van der Waals surface area (Å²) in [5.74, 6) is 3.34. The minimum atomic E-state index is 0.621. The quantitative estimate of drug-likeness (QED) is 0.767. The lowest BCUT2D eigenvalue weighted by Crippen LogP contribution is -2.14. The van der Waals surface area contributed by atoms with Crippen molar-refractivity contribution in [2.24, 2.45) is 18.9 Å². The van der Waals surface area contributed by atoms with Crippen LogP contribution in [0.1, 0.15) is 38.2 Å². The van der Waals surface area contributed by atoms with Gasteiger partial charge >= 0.3 is 0 Å². The van der Waals surface area contributed by atoms with Crippen molar-refractivity contribution in [3.63, 3.8) is 0 Å². The molecule has 110 valence electrons. The molecule has 3 rings (SSSR count). The number of hydrogen-bond donors (Lipinski definition) is 0. The highest BCUT2D eigenvalue weighted by Gasteiger charge is 2.29. The van der Waals surface area contributed by atoms with Crippen LogP contribution in [0.15, 0.2) is 0 Å². The fourth-order valence-electron chi connectivity index (χ4n) is 3.09. The maximum Gasteiger partial charge on any atom is 0.158 e. The first kappa shape index (κ1) is 13.9. The second-order valence-corrected chi connectivity index (χ2v) is 6.37. The van der Waals surface area contributed by atoms with Crippen LogP contribution in [0.2, 0.25) is 0 Å². The highest BCUT2D eigenvalue weighted by molar-refractivity contribution is 6.17. The first-order valence-corrected chi connectivity index (χ1v) is 8.16. The predicted octanol–water partition coefficient (Wildman–Crippen LogP) is 3.16. The maximum atomic E-state index is 5.95. The number of halogens is 1. The molecule has 0 aromatic carbocycles. The van der Waals surface area contributed by atoms with Crippen LogP contribution in [-0.2, 0) is 26.4 Å². The molecule has 0 spiro atoms. The number of imidazole rings is 1. The topological polar surface area (TPSA) is 35.6 Å². The molecule has 0 saturated heterocycles. The van der Waals surface area contributed by atoms with Crippen molar-refractivity contribution in [2.45, 2.75) is 46.1 Å². The third-order valence-corrected chi connectivity index (χ3v) is 4.61. The number of hydrogen-bond acceptors (Lipinski definition) is 2. The Kier molecular flexibility index (Phi) is 3.76. The van der Waals surface area contributed by atoms with Gasteiger partial charge in [-0.15, -0.1) is 11.6 Å². The zero-order chi connectivity index (χ0) is 14.3. The van der Waals surface area contributed by atoms with Gasteiger partial charge in [-0.1, -0.05) is 13.8 Å². The number of aromatic nitrogens is 4. The number of nitrogens with zero attached hydrogens (tertiary/aromatic N) is 4. The molecule has 1 aliphatic rings. The highest BCUT2D eigenvalue weighted by Crippen LogP contribution is 2.38. The largest absolute Gasteiger partial charge is 0.313 e. The molecule has 0 N–H and O–H groups in total. The molecule has 2 aromatic heterocycles. The van der Waals surface area contributed by atoms with E-state index >= 15 is 0 Å². The van der Waals surface area contributed by atoms with Crippen LogP contribution in [0.5, 0.6) is 0 Å². The lowest BCUT2D eigenvalue weighted by molar-refractivity contribution is 0.425. The van der Waals surface area contributed by atoms with Crippen molar-refractivity contribution in [2.75, 3.05) is 5.88 Å². The van der Waals surface area contributed by atoms with Crippen molar-refractivity contribution in [1.82, 2.24) is 19.3 Å². The summed E-state index contributed by atoms with van der Waals surface area (Å²) in [6.45, 7) is 5.52. The van der Waals surface area contributed by atoms with E-state index in [1.165, 1.54) is 12.8 Å². The zero-order valence-electron chi connectivity index (χ0n) is 12.6. The Bertz CT molecular complexity index is 609. The van der Waals surface area contributed by atoms with Crippen molar-refractivity contribution < 1.29 is 0 Å². The molecule has 1 atom stereocenters. The predicted molar refractivity (Wildman–Crippen MR) is 82.2 cm³/mol.